The minimum absolute atomic E-state index is 0.00363. The van der Waals surface area contributed by atoms with Crippen molar-refractivity contribution in [3.05, 3.63) is 60.2 Å². The first kappa shape index (κ1) is 13.5. The van der Waals surface area contributed by atoms with Crippen LogP contribution in [-0.2, 0) is 10.8 Å². The zero-order valence-corrected chi connectivity index (χ0v) is 11.4. The number of hydrogen-bond acceptors (Lipinski definition) is 3. The van der Waals surface area contributed by atoms with Gasteiger partial charge in [-0.1, -0.05) is 30.3 Å². The van der Waals surface area contributed by atoms with Gasteiger partial charge in [-0.25, -0.2) is 0 Å². The molecule has 0 aliphatic carbocycles. The van der Waals surface area contributed by atoms with E-state index in [4.69, 9.17) is 4.74 Å². The quantitative estimate of drug-likeness (QED) is 0.787. The van der Waals surface area contributed by atoms with Gasteiger partial charge in [0.2, 0.25) is 0 Å². The monoisotopic (exact) mass is 274 g/mol. The van der Waals surface area contributed by atoms with Crippen molar-refractivity contribution in [1.82, 2.24) is 0 Å². The van der Waals surface area contributed by atoms with E-state index in [2.05, 4.69) is 0 Å². The predicted molar refractivity (Wildman–Crippen MR) is 75.0 cm³/mol. The van der Waals surface area contributed by atoms with Gasteiger partial charge < -0.3 is 4.74 Å². The van der Waals surface area contributed by atoms with Crippen LogP contribution >= 0.6 is 0 Å². The molecular formula is C15H14O3S. The average Bonchev–Trinajstić information content (AvgIpc) is 2.48. The first-order chi connectivity index (χ1) is 9.20. The van der Waals surface area contributed by atoms with Gasteiger partial charge in [0.05, 0.1) is 23.7 Å². The van der Waals surface area contributed by atoms with Crippen molar-refractivity contribution in [2.24, 2.45) is 0 Å². The molecule has 0 saturated heterocycles. The Morgan fingerprint density at radius 2 is 1.68 bits per heavy atom. The van der Waals surface area contributed by atoms with E-state index in [9.17, 15) is 9.00 Å². The van der Waals surface area contributed by atoms with Gasteiger partial charge in [0.15, 0.2) is 5.78 Å². The van der Waals surface area contributed by atoms with Gasteiger partial charge in [0.1, 0.15) is 5.75 Å². The summed E-state index contributed by atoms with van der Waals surface area (Å²) in [5.41, 5.74) is 0.587. The molecule has 0 N–H and O–H groups in total. The highest BCUT2D eigenvalue weighted by molar-refractivity contribution is 7.85. The molecule has 98 valence electrons. The normalized spacial score (nSPS) is 11.8. The minimum Gasteiger partial charge on any atom is -0.497 e. The zero-order valence-electron chi connectivity index (χ0n) is 10.5. The molecule has 2 aromatic rings. The predicted octanol–water partition coefficient (Wildman–Crippen LogP) is 2.69. The second-order valence-electron chi connectivity index (χ2n) is 3.95. The first-order valence-corrected chi connectivity index (χ1v) is 7.13. The molecule has 0 spiro atoms. The molecular weight excluding hydrogens is 260 g/mol. The lowest BCUT2D eigenvalue weighted by Gasteiger charge is -2.04. The topological polar surface area (TPSA) is 43.4 Å². The summed E-state index contributed by atoms with van der Waals surface area (Å²) in [6.07, 6.45) is 0. The number of ether oxygens (including phenoxy) is 1. The number of benzene rings is 2. The van der Waals surface area contributed by atoms with Gasteiger partial charge in [-0.3, -0.25) is 9.00 Å². The first-order valence-electron chi connectivity index (χ1n) is 5.81. The molecule has 0 aliphatic rings. The van der Waals surface area contributed by atoms with Gasteiger partial charge in [0.25, 0.3) is 0 Å². The number of hydrogen-bond donors (Lipinski definition) is 0. The third-order valence-electron chi connectivity index (χ3n) is 2.68. The fourth-order valence-electron chi connectivity index (χ4n) is 1.64. The lowest BCUT2D eigenvalue weighted by molar-refractivity contribution is 0.102. The number of carbonyl (C=O) groups excluding carboxylic acids is 1. The Morgan fingerprint density at radius 1 is 1.05 bits per heavy atom. The van der Waals surface area contributed by atoms with Crippen LogP contribution in [0.2, 0.25) is 0 Å². The molecule has 0 unspecified atom stereocenters. The van der Waals surface area contributed by atoms with E-state index in [0.717, 1.165) is 0 Å². The Kier molecular flexibility index (Phi) is 4.47. The van der Waals surface area contributed by atoms with E-state index >= 15 is 0 Å². The lowest BCUT2D eigenvalue weighted by atomic mass is 10.2. The molecule has 0 radical (unpaired) electrons. The fourth-order valence-corrected chi connectivity index (χ4v) is 2.65. The Labute approximate surface area is 114 Å². The summed E-state index contributed by atoms with van der Waals surface area (Å²) >= 11 is 0. The molecule has 2 rings (SSSR count). The van der Waals surface area contributed by atoms with Crippen LogP contribution in [0.25, 0.3) is 0 Å². The Bertz CT molecular complexity index is 576. The maximum Gasteiger partial charge on any atom is 0.175 e. The van der Waals surface area contributed by atoms with Crippen LogP contribution in [0.3, 0.4) is 0 Å². The molecule has 1 atom stereocenters. The highest BCUT2D eigenvalue weighted by Crippen LogP contribution is 2.15. The standard InChI is InChI=1S/C15H14O3S/c1-18-13-7-9-14(10-8-13)19(17)11-15(16)12-5-3-2-4-6-12/h2-10H,11H2,1H3/t19-/m1/s1. The summed E-state index contributed by atoms with van der Waals surface area (Å²) in [4.78, 5) is 12.6. The molecule has 4 heteroatoms. The van der Waals surface area contributed by atoms with E-state index in [1.165, 1.54) is 0 Å². The minimum atomic E-state index is -1.33. The highest BCUT2D eigenvalue weighted by atomic mass is 32.2. The second-order valence-corrected chi connectivity index (χ2v) is 5.41. The van der Waals surface area contributed by atoms with Crippen molar-refractivity contribution < 1.29 is 13.7 Å². The van der Waals surface area contributed by atoms with E-state index in [1.807, 2.05) is 6.07 Å². The summed E-state index contributed by atoms with van der Waals surface area (Å²) < 4.78 is 17.1. The van der Waals surface area contributed by atoms with Gasteiger partial charge in [-0.2, -0.15) is 0 Å². The van der Waals surface area contributed by atoms with Crippen molar-refractivity contribution in [1.29, 1.82) is 0 Å². The van der Waals surface area contributed by atoms with Crippen LogP contribution in [-0.4, -0.2) is 22.9 Å². The molecule has 0 saturated carbocycles. The van der Waals surface area contributed by atoms with Gasteiger partial charge in [-0.15, -0.1) is 0 Å². The molecule has 0 fully saturated rings. The zero-order chi connectivity index (χ0) is 13.7. The van der Waals surface area contributed by atoms with Crippen LogP contribution in [0.4, 0.5) is 0 Å². The second kappa shape index (κ2) is 6.29. The van der Waals surface area contributed by atoms with Crippen LogP contribution in [0.5, 0.6) is 5.75 Å². The van der Waals surface area contributed by atoms with Crippen molar-refractivity contribution >= 4 is 16.6 Å². The van der Waals surface area contributed by atoms with E-state index < -0.39 is 10.8 Å². The maximum atomic E-state index is 12.1. The van der Waals surface area contributed by atoms with Gasteiger partial charge in [0, 0.05) is 10.5 Å². The number of Topliss-reactive ketones (excluding diaryl/α,β-unsaturated/α-hetero) is 1. The molecule has 3 nitrogen and oxygen atoms in total. The number of carbonyl (C=O) groups is 1. The summed E-state index contributed by atoms with van der Waals surface area (Å²) in [5.74, 6) is 0.584. The van der Waals surface area contributed by atoms with Gasteiger partial charge >= 0.3 is 0 Å². The Hall–Kier alpha value is -1.94. The van der Waals surface area contributed by atoms with Crippen LogP contribution in [0.15, 0.2) is 59.5 Å². The number of rotatable bonds is 5. The summed E-state index contributed by atoms with van der Waals surface area (Å²) in [7, 11) is 0.245. The van der Waals surface area contributed by atoms with Crippen molar-refractivity contribution in [2.45, 2.75) is 4.90 Å². The molecule has 0 aromatic heterocycles. The molecule has 0 bridgehead atoms. The van der Waals surface area contributed by atoms with Crippen molar-refractivity contribution in [3.63, 3.8) is 0 Å². The molecule has 0 heterocycles. The summed E-state index contributed by atoms with van der Waals surface area (Å²) in [6.45, 7) is 0. The SMILES string of the molecule is COc1ccc([S@](=O)CC(=O)c2ccccc2)cc1. The smallest absolute Gasteiger partial charge is 0.175 e. The van der Waals surface area contributed by atoms with Crippen molar-refractivity contribution in [3.8, 4) is 5.75 Å². The summed E-state index contributed by atoms with van der Waals surface area (Å²) in [6, 6.07) is 15.8. The van der Waals surface area contributed by atoms with E-state index in [1.54, 1.807) is 55.6 Å². The molecule has 19 heavy (non-hydrogen) atoms. The van der Waals surface area contributed by atoms with Crippen molar-refractivity contribution in [2.75, 3.05) is 12.9 Å². The van der Waals surface area contributed by atoms with Crippen LogP contribution in [0.1, 0.15) is 10.4 Å². The third kappa shape index (κ3) is 3.51. The maximum absolute atomic E-state index is 12.1. The largest absolute Gasteiger partial charge is 0.497 e. The third-order valence-corrected chi connectivity index (χ3v) is 4.00. The fraction of sp³-hybridized carbons (Fsp3) is 0.133. The van der Waals surface area contributed by atoms with Crippen LogP contribution in [0, 0.1) is 0 Å². The van der Waals surface area contributed by atoms with E-state index in [0.29, 0.717) is 16.2 Å². The Morgan fingerprint density at radius 3 is 2.26 bits per heavy atom. The molecule has 0 amide bonds. The molecule has 0 aliphatic heterocycles. The van der Waals surface area contributed by atoms with Gasteiger partial charge in [-0.05, 0) is 24.3 Å². The van der Waals surface area contributed by atoms with E-state index in [-0.39, 0.29) is 11.5 Å². The number of ketones is 1. The van der Waals surface area contributed by atoms with Crippen LogP contribution < -0.4 is 4.74 Å². The Balaban J connectivity index is 2.06. The lowest BCUT2D eigenvalue weighted by Crippen LogP contribution is -2.10. The average molecular weight is 274 g/mol. The highest BCUT2D eigenvalue weighted by Gasteiger charge is 2.12. The number of methoxy groups -OCH3 is 1. The molecule has 2 aromatic carbocycles. The summed E-state index contributed by atoms with van der Waals surface area (Å²) in [5, 5.41) is 0.